The molecule has 0 radical (unpaired) electrons. The molecular formula is C19H30N4O3S. The Hall–Kier alpha value is -1.51. The summed E-state index contributed by atoms with van der Waals surface area (Å²) in [6.45, 7) is 6.45. The highest BCUT2D eigenvalue weighted by atomic mass is 32.2. The van der Waals surface area contributed by atoms with Gasteiger partial charge in [-0.1, -0.05) is 19.9 Å². The average molecular weight is 395 g/mol. The van der Waals surface area contributed by atoms with Gasteiger partial charge in [-0.2, -0.15) is 17.0 Å². The van der Waals surface area contributed by atoms with E-state index >= 15 is 0 Å². The first-order valence-electron chi connectivity index (χ1n) is 9.79. The SMILES string of the molecule is C[C@@H]1C[C@H](C)CN(S(=O)(=O)N2CCC[C@@H](C(=O)NCc3ccccn3)C2)C1. The second-order valence-electron chi connectivity index (χ2n) is 8.01. The lowest BCUT2D eigenvalue weighted by molar-refractivity contribution is -0.126. The van der Waals surface area contributed by atoms with Crippen molar-refractivity contribution in [1.29, 1.82) is 0 Å². The number of nitrogens with zero attached hydrogens (tertiary/aromatic N) is 3. The van der Waals surface area contributed by atoms with Gasteiger partial charge in [0.05, 0.1) is 18.2 Å². The van der Waals surface area contributed by atoms with Crippen molar-refractivity contribution in [3.8, 4) is 0 Å². The van der Waals surface area contributed by atoms with Gasteiger partial charge in [0.2, 0.25) is 5.91 Å². The summed E-state index contributed by atoms with van der Waals surface area (Å²) < 4.78 is 29.3. The molecular weight excluding hydrogens is 364 g/mol. The molecule has 1 aromatic heterocycles. The third-order valence-corrected chi connectivity index (χ3v) is 7.35. The molecule has 7 nitrogen and oxygen atoms in total. The fourth-order valence-corrected chi connectivity index (χ4v) is 6.09. The van der Waals surface area contributed by atoms with E-state index < -0.39 is 10.2 Å². The van der Waals surface area contributed by atoms with Gasteiger partial charge < -0.3 is 5.32 Å². The average Bonchev–Trinajstić information content (AvgIpc) is 2.66. The molecule has 0 saturated carbocycles. The normalized spacial score (nSPS) is 28.0. The predicted octanol–water partition coefficient (Wildman–Crippen LogP) is 1.63. The van der Waals surface area contributed by atoms with Crippen LogP contribution in [0.3, 0.4) is 0 Å². The lowest BCUT2D eigenvalue weighted by Gasteiger charge is -2.39. The Morgan fingerprint density at radius 2 is 1.93 bits per heavy atom. The van der Waals surface area contributed by atoms with Crippen LogP contribution in [0.1, 0.15) is 38.8 Å². The number of amides is 1. The molecule has 3 rings (SSSR count). The highest BCUT2D eigenvalue weighted by Gasteiger charge is 2.38. The summed E-state index contributed by atoms with van der Waals surface area (Å²) in [6, 6.07) is 5.57. The molecule has 27 heavy (non-hydrogen) atoms. The van der Waals surface area contributed by atoms with Crippen molar-refractivity contribution >= 4 is 16.1 Å². The number of pyridine rings is 1. The van der Waals surface area contributed by atoms with Crippen molar-refractivity contribution in [3.05, 3.63) is 30.1 Å². The van der Waals surface area contributed by atoms with Crippen LogP contribution in [0.2, 0.25) is 0 Å². The first kappa shape index (κ1) is 20.2. The van der Waals surface area contributed by atoms with E-state index in [0.29, 0.717) is 50.9 Å². The second kappa shape index (κ2) is 8.67. The van der Waals surface area contributed by atoms with E-state index in [1.807, 2.05) is 18.2 Å². The van der Waals surface area contributed by atoms with Crippen molar-refractivity contribution in [1.82, 2.24) is 18.9 Å². The molecule has 2 aliphatic rings. The smallest absolute Gasteiger partial charge is 0.282 e. The van der Waals surface area contributed by atoms with E-state index in [4.69, 9.17) is 0 Å². The van der Waals surface area contributed by atoms with Gasteiger partial charge in [-0.15, -0.1) is 0 Å². The van der Waals surface area contributed by atoms with Gasteiger partial charge in [-0.3, -0.25) is 9.78 Å². The highest BCUT2D eigenvalue weighted by molar-refractivity contribution is 7.86. The first-order chi connectivity index (χ1) is 12.9. The Morgan fingerprint density at radius 1 is 1.19 bits per heavy atom. The molecule has 0 aromatic carbocycles. The summed E-state index contributed by atoms with van der Waals surface area (Å²) in [7, 11) is -3.51. The van der Waals surface area contributed by atoms with Crippen LogP contribution in [0.4, 0.5) is 0 Å². The van der Waals surface area contributed by atoms with Crippen molar-refractivity contribution in [2.45, 2.75) is 39.7 Å². The molecule has 0 spiro atoms. The molecule has 2 saturated heterocycles. The van der Waals surface area contributed by atoms with Crippen LogP contribution < -0.4 is 5.32 Å². The molecule has 0 bridgehead atoms. The van der Waals surface area contributed by atoms with Crippen LogP contribution in [0, 0.1) is 17.8 Å². The minimum atomic E-state index is -3.51. The predicted molar refractivity (Wildman–Crippen MR) is 104 cm³/mol. The summed E-state index contributed by atoms with van der Waals surface area (Å²) in [4.78, 5) is 16.7. The van der Waals surface area contributed by atoms with Crippen molar-refractivity contribution in [2.24, 2.45) is 17.8 Å². The molecule has 2 aliphatic heterocycles. The number of hydrogen-bond donors (Lipinski definition) is 1. The lowest BCUT2D eigenvalue weighted by atomic mass is 9.94. The number of hydrogen-bond acceptors (Lipinski definition) is 4. The zero-order valence-electron chi connectivity index (χ0n) is 16.2. The van der Waals surface area contributed by atoms with Gasteiger partial charge in [0.1, 0.15) is 0 Å². The summed E-state index contributed by atoms with van der Waals surface area (Å²) in [6.07, 6.45) is 4.17. The minimum absolute atomic E-state index is 0.0964. The highest BCUT2D eigenvalue weighted by Crippen LogP contribution is 2.27. The standard InChI is InChI=1S/C19H30N4O3S/c1-15-10-16(2)13-23(12-15)27(25,26)22-9-5-6-17(14-22)19(24)21-11-18-7-3-4-8-20-18/h3-4,7-8,15-17H,5-6,9-14H2,1-2H3,(H,21,24)/t15-,16+,17-/m1/s1. The third kappa shape index (κ3) is 5.06. The molecule has 8 heteroatoms. The van der Waals surface area contributed by atoms with Crippen molar-refractivity contribution < 1.29 is 13.2 Å². The van der Waals surface area contributed by atoms with Gasteiger partial charge >= 0.3 is 0 Å². The van der Waals surface area contributed by atoms with Crippen LogP contribution >= 0.6 is 0 Å². The Kier molecular flexibility index (Phi) is 6.49. The van der Waals surface area contributed by atoms with Crippen LogP contribution in [-0.4, -0.2) is 54.1 Å². The van der Waals surface area contributed by atoms with E-state index in [2.05, 4.69) is 24.1 Å². The molecule has 3 atom stereocenters. The van der Waals surface area contributed by atoms with E-state index in [9.17, 15) is 13.2 Å². The largest absolute Gasteiger partial charge is 0.350 e. The van der Waals surface area contributed by atoms with Gasteiger partial charge in [0.25, 0.3) is 10.2 Å². The Bertz CT molecular complexity index is 731. The minimum Gasteiger partial charge on any atom is -0.350 e. The Labute approximate surface area is 162 Å². The Balaban J connectivity index is 1.60. The maximum Gasteiger partial charge on any atom is 0.282 e. The summed E-state index contributed by atoms with van der Waals surface area (Å²) in [5.41, 5.74) is 0.794. The number of nitrogens with one attached hydrogen (secondary N) is 1. The molecule has 0 aliphatic carbocycles. The Morgan fingerprint density at radius 3 is 2.59 bits per heavy atom. The molecule has 2 fully saturated rings. The number of aromatic nitrogens is 1. The number of carbonyl (C=O) groups is 1. The van der Waals surface area contributed by atoms with Gasteiger partial charge in [0.15, 0.2) is 0 Å². The molecule has 1 amide bonds. The fourth-order valence-electron chi connectivity index (χ4n) is 4.15. The second-order valence-corrected chi connectivity index (χ2v) is 9.94. The van der Waals surface area contributed by atoms with Gasteiger partial charge in [0, 0.05) is 32.4 Å². The topological polar surface area (TPSA) is 82.6 Å². The molecule has 150 valence electrons. The molecule has 1 aromatic rings. The monoisotopic (exact) mass is 394 g/mol. The molecule has 1 N–H and O–H groups in total. The van der Waals surface area contributed by atoms with E-state index in [-0.39, 0.29) is 18.4 Å². The lowest BCUT2D eigenvalue weighted by Crippen LogP contribution is -2.53. The van der Waals surface area contributed by atoms with Gasteiger partial charge in [-0.25, -0.2) is 0 Å². The summed E-state index contributed by atoms with van der Waals surface area (Å²) >= 11 is 0. The van der Waals surface area contributed by atoms with Crippen LogP contribution in [-0.2, 0) is 21.5 Å². The third-order valence-electron chi connectivity index (χ3n) is 5.41. The first-order valence-corrected chi connectivity index (χ1v) is 11.2. The quantitative estimate of drug-likeness (QED) is 0.823. The van der Waals surface area contributed by atoms with E-state index in [1.54, 1.807) is 10.5 Å². The number of piperidine rings is 2. The van der Waals surface area contributed by atoms with Crippen molar-refractivity contribution in [2.75, 3.05) is 26.2 Å². The molecule has 0 unspecified atom stereocenters. The number of carbonyl (C=O) groups excluding carboxylic acids is 1. The van der Waals surface area contributed by atoms with Crippen LogP contribution in [0.15, 0.2) is 24.4 Å². The van der Waals surface area contributed by atoms with Gasteiger partial charge in [-0.05, 0) is 43.2 Å². The zero-order valence-corrected chi connectivity index (χ0v) is 17.0. The summed E-state index contributed by atoms with van der Waals surface area (Å²) in [5.74, 6) is 0.328. The van der Waals surface area contributed by atoms with Crippen molar-refractivity contribution in [3.63, 3.8) is 0 Å². The van der Waals surface area contributed by atoms with E-state index in [1.165, 1.54) is 4.31 Å². The van der Waals surface area contributed by atoms with E-state index in [0.717, 1.165) is 12.1 Å². The maximum atomic E-state index is 13.1. The zero-order chi connectivity index (χ0) is 19.4. The maximum absolute atomic E-state index is 13.1. The number of rotatable bonds is 5. The fraction of sp³-hybridized carbons (Fsp3) is 0.684. The summed E-state index contributed by atoms with van der Waals surface area (Å²) in [5, 5.41) is 2.90. The van der Waals surface area contributed by atoms with Crippen LogP contribution in [0.5, 0.6) is 0 Å². The van der Waals surface area contributed by atoms with Crippen LogP contribution in [0.25, 0.3) is 0 Å². The molecule has 3 heterocycles.